The van der Waals surface area contributed by atoms with Crippen LogP contribution in [0.1, 0.15) is 62.0 Å². The Labute approximate surface area is 126 Å². The van der Waals surface area contributed by atoms with E-state index in [-0.39, 0.29) is 12.0 Å². The molecule has 1 saturated carbocycles. The lowest BCUT2D eigenvalue weighted by atomic mass is 10.1. The number of aromatic nitrogens is 2. The molecule has 0 aliphatic heterocycles. The first kappa shape index (κ1) is 16.0. The Morgan fingerprint density at radius 3 is 2.67 bits per heavy atom. The molecule has 21 heavy (non-hydrogen) atoms. The van der Waals surface area contributed by atoms with Gasteiger partial charge >= 0.3 is 0 Å². The number of rotatable bonds is 7. The predicted molar refractivity (Wildman–Crippen MR) is 82.3 cm³/mol. The summed E-state index contributed by atoms with van der Waals surface area (Å²) in [6.07, 6.45) is 4.24. The molecular formula is C16H27N3O2. The average Bonchev–Trinajstić information content (AvgIpc) is 3.16. The van der Waals surface area contributed by atoms with Gasteiger partial charge in [0.1, 0.15) is 0 Å². The summed E-state index contributed by atoms with van der Waals surface area (Å²) in [5, 5.41) is 13.8. The molecule has 0 bridgehead atoms. The molecule has 1 amide bonds. The molecule has 0 spiro atoms. The largest absolute Gasteiger partial charge is 0.393 e. The zero-order valence-corrected chi connectivity index (χ0v) is 13.5. The van der Waals surface area contributed by atoms with Gasteiger partial charge in [-0.2, -0.15) is 5.10 Å². The molecule has 1 aromatic heterocycles. The monoisotopic (exact) mass is 293 g/mol. The number of aliphatic hydroxyl groups excluding tert-OH is 1. The molecule has 118 valence electrons. The van der Waals surface area contributed by atoms with Crippen LogP contribution in [0.3, 0.4) is 0 Å². The van der Waals surface area contributed by atoms with Crippen LogP contribution in [-0.2, 0) is 6.54 Å². The van der Waals surface area contributed by atoms with E-state index in [2.05, 4.69) is 18.9 Å². The molecule has 5 heteroatoms. The fourth-order valence-corrected chi connectivity index (χ4v) is 2.53. The fourth-order valence-electron chi connectivity index (χ4n) is 2.53. The minimum atomic E-state index is -0.383. The first-order valence-electron chi connectivity index (χ1n) is 7.89. The zero-order valence-electron chi connectivity index (χ0n) is 13.5. The predicted octanol–water partition coefficient (Wildman–Crippen LogP) is 2.26. The Hall–Kier alpha value is -1.36. The van der Waals surface area contributed by atoms with Gasteiger partial charge in [-0.1, -0.05) is 13.8 Å². The average molecular weight is 293 g/mol. The Kier molecular flexibility index (Phi) is 5.04. The normalized spacial score (nSPS) is 16.3. The summed E-state index contributed by atoms with van der Waals surface area (Å²) in [5.41, 5.74) is 1.85. The molecule has 1 N–H and O–H groups in total. The summed E-state index contributed by atoms with van der Waals surface area (Å²) < 4.78 is 2.01. The highest BCUT2D eigenvalue weighted by Gasteiger charge is 2.33. The van der Waals surface area contributed by atoms with Crippen molar-refractivity contribution in [1.29, 1.82) is 0 Å². The fraction of sp³-hybridized carbons (Fsp3) is 0.750. The molecule has 1 fully saturated rings. The van der Waals surface area contributed by atoms with Gasteiger partial charge in [0.2, 0.25) is 0 Å². The molecule has 2 rings (SSSR count). The van der Waals surface area contributed by atoms with Crippen molar-refractivity contribution in [2.45, 2.75) is 58.6 Å². The van der Waals surface area contributed by atoms with Gasteiger partial charge in [-0.15, -0.1) is 0 Å². The number of amides is 1. The van der Waals surface area contributed by atoms with Crippen molar-refractivity contribution in [3.63, 3.8) is 0 Å². The van der Waals surface area contributed by atoms with Gasteiger partial charge in [-0.05, 0) is 32.1 Å². The Morgan fingerprint density at radius 1 is 1.48 bits per heavy atom. The number of carbonyl (C=O) groups is 1. The van der Waals surface area contributed by atoms with Gasteiger partial charge in [0.25, 0.3) is 5.91 Å². The van der Waals surface area contributed by atoms with Crippen molar-refractivity contribution in [2.75, 3.05) is 13.6 Å². The molecule has 0 aromatic carbocycles. The van der Waals surface area contributed by atoms with E-state index < -0.39 is 0 Å². The summed E-state index contributed by atoms with van der Waals surface area (Å²) >= 11 is 0. The molecule has 1 aromatic rings. The lowest BCUT2D eigenvalue weighted by Crippen LogP contribution is -2.30. The molecule has 0 saturated heterocycles. The third-order valence-corrected chi connectivity index (χ3v) is 3.84. The number of nitrogens with zero attached hydrogens (tertiary/aromatic N) is 3. The molecule has 1 unspecified atom stereocenters. The molecule has 1 aliphatic carbocycles. The van der Waals surface area contributed by atoms with Crippen LogP contribution in [0.5, 0.6) is 0 Å². The van der Waals surface area contributed by atoms with Gasteiger partial charge in [-0.25, -0.2) is 0 Å². The van der Waals surface area contributed by atoms with Crippen molar-refractivity contribution in [1.82, 2.24) is 14.7 Å². The first-order chi connectivity index (χ1) is 9.90. The Morgan fingerprint density at radius 2 is 2.14 bits per heavy atom. The second-order valence-electron chi connectivity index (χ2n) is 6.66. The summed E-state index contributed by atoms with van der Waals surface area (Å²) in [6.45, 7) is 7.49. The third-order valence-electron chi connectivity index (χ3n) is 3.84. The smallest absolute Gasteiger partial charge is 0.257 e. The highest BCUT2D eigenvalue weighted by Crippen LogP contribution is 2.42. The van der Waals surface area contributed by atoms with Gasteiger partial charge < -0.3 is 10.0 Å². The summed E-state index contributed by atoms with van der Waals surface area (Å²) in [5.74, 6) is 1.03. The lowest BCUT2D eigenvalue weighted by Gasteiger charge is -2.18. The van der Waals surface area contributed by atoms with Crippen LogP contribution in [-0.4, -0.2) is 45.4 Å². The number of aliphatic hydroxyl groups is 1. The van der Waals surface area contributed by atoms with E-state index in [0.717, 1.165) is 30.6 Å². The van der Waals surface area contributed by atoms with E-state index in [1.165, 1.54) is 0 Å². The SMILES string of the molecule is CC(C)Cn1ncc(C(=O)N(C)CCC(C)O)c1C1CC1. The van der Waals surface area contributed by atoms with E-state index in [9.17, 15) is 9.90 Å². The molecule has 0 radical (unpaired) electrons. The highest BCUT2D eigenvalue weighted by atomic mass is 16.3. The van der Waals surface area contributed by atoms with Crippen molar-refractivity contribution in [3.05, 3.63) is 17.5 Å². The van der Waals surface area contributed by atoms with Gasteiger partial charge in [0.05, 0.1) is 23.6 Å². The standard InChI is InChI=1S/C16H27N3O2/c1-11(2)10-19-15(13-5-6-13)14(9-17-19)16(21)18(4)8-7-12(3)20/h9,11-13,20H,5-8,10H2,1-4H3. The minimum absolute atomic E-state index is 0.0209. The molecule has 5 nitrogen and oxygen atoms in total. The lowest BCUT2D eigenvalue weighted by molar-refractivity contribution is 0.0767. The van der Waals surface area contributed by atoms with Crippen LogP contribution in [0.15, 0.2) is 6.20 Å². The van der Waals surface area contributed by atoms with E-state index in [1.807, 2.05) is 4.68 Å². The second kappa shape index (κ2) is 6.60. The van der Waals surface area contributed by atoms with Crippen LogP contribution in [0, 0.1) is 5.92 Å². The number of hydrogen-bond acceptors (Lipinski definition) is 3. The van der Waals surface area contributed by atoms with E-state index in [0.29, 0.717) is 24.8 Å². The van der Waals surface area contributed by atoms with Crippen LogP contribution >= 0.6 is 0 Å². The molecular weight excluding hydrogens is 266 g/mol. The topological polar surface area (TPSA) is 58.4 Å². The van der Waals surface area contributed by atoms with Crippen LogP contribution in [0.4, 0.5) is 0 Å². The second-order valence-corrected chi connectivity index (χ2v) is 6.66. The van der Waals surface area contributed by atoms with E-state index in [1.54, 1.807) is 25.1 Å². The van der Waals surface area contributed by atoms with Gasteiger partial charge in [0, 0.05) is 26.1 Å². The number of carbonyl (C=O) groups excluding carboxylic acids is 1. The van der Waals surface area contributed by atoms with Crippen LogP contribution < -0.4 is 0 Å². The first-order valence-corrected chi connectivity index (χ1v) is 7.89. The van der Waals surface area contributed by atoms with Crippen molar-refractivity contribution in [2.24, 2.45) is 5.92 Å². The molecule has 1 aliphatic rings. The highest BCUT2D eigenvalue weighted by molar-refractivity contribution is 5.95. The maximum atomic E-state index is 12.6. The minimum Gasteiger partial charge on any atom is -0.393 e. The molecule has 1 atom stereocenters. The van der Waals surface area contributed by atoms with Gasteiger partial charge in [0.15, 0.2) is 0 Å². The van der Waals surface area contributed by atoms with E-state index >= 15 is 0 Å². The van der Waals surface area contributed by atoms with Crippen molar-refractivity contribution >= 4 is 5.91 Å². The number of hydrogen-bond donors (Lipinski definition) is 1. The third kappa shape index (κ3) is 4.06. The Bertz CT molecular complexity index is 490. The zero-order chi connectivity index (χ0) is 15.6. The van der Waals surface area contributed by atoms with E-state index in [4.69, 9.17) is 0 Å². The maximum absolute atomic E-state index is 12.6. The quantitative estimate of drug-likeness (QED) is 0.839. The summed E-state index contributed by atoms with van der Waals surface area (Å²) in [6, 6.07) is 0. The molecule has 1 heterocycles. The maximum Gasteiger partial charge on any atom is 0.257 e. The van der Waals surface area contributed by atoms with Crippen molar-refractivity contribution in [3.8, 4) is 0 Å². The summed E-state index contributed by atoms with van der Waals surface area (Å²) in [7, 11) is 1.79. The van der Waals surface area contributed by atoms with Crippen LogP contribution in [0.2, 0.25) is 0 Å². The Balaban J connectivity index is 2.15. The van der Waals surface area contributed by atoms with Gasteiger partial charge in [-0.3, -0.25) is 9.48 Å². The summed E-state index contributed by atoms with van der Waals surface area (Å²) in [4.78, 5) is 14.3. The van der Waals surface area contributed by atoms with Crippen molar-refractivity contribution < 1.29 is 9.90 Å². The van der Waals surface area contributed by atoms with Crippen LogP contribution in [0.25, 0.3) is 0 Å².